The number of carbonyl (C=O) groups excluding carboxylic acids is 1. The number of carbonyl (C=O) groups is 1. The third-order valence-corrected chi connectivity index (χ3v) is 8.22. The van der Waals surface area contributed by atoms with E-state index in [0.29, 0.717) is 32.1 Å². The molecule has 3 atom stereocenters. The number of hydrogen-bond acceptors (Lipinski definition) is 5. The van der Waals surface area contributed by atoms with Crippen LogP contribution in [0.3, 0.4) is 0 Å². The van der Waals surface area contributed by atoms with Gasteiger partial charge in [0.2, 0.25) is 15.9 Å². The van der Waals surface area contributed by atoms with Crippen molar-refractivity contribution in [2.45, 2.75) is 56.5 Å². The number of nitrogens with zero attached hydrogens (tertiary/aromatic N) is 3. The Bertz CT molecular complexity index is 872. The third-order valence-electron chi connectivity index (χ3n) is 6.26. The average molecular weight is 419 g/mol. The van der Waals surface area contributed by atoms with Crippen LogP contribution in [0.2, 0.25) is 0 Å². The highest BCUT2D eigenvalue weighted by molar-refractivity contribution is 7.89. The molecule has 1 aliphatic carbocycles. The molecule has 0 aromatic heterocycles. The van der Waals surface area contributed by atoms with Gasteiger partial charge in [0.25, 0.3) is 0 Å². The van der Waals surface area contributed by atoms with Crippen molar-refractivity contribution in [2.24, 2.45) is 5.92 Å². The summed E-state index contributed by atoms with van der Waals surface area (Å²) in [5.74, 6) is 0.525. The van der Waals surface area contributed by atoms with Gasteiger partial charge in [-0.1, -0.05) is 31.9 Å². The molecule has 1 saturated carbocycles. The summed E-state index contributed by atoms with van der Waals surface area (Å²) < 4.78 is 27.3. The zero-order valence-electron chi connectivity index (χ0n) is 17.2. The van der Waals surface area contributed by atoms with Crippen LogP contribution >= 0.6 is 0 Å². The predicted octanol–water partition coefficient (Wildman–Crippen LogP) is 1.95. The zero-order chi connectivity index (χ0) is 21.0. The van der Waals surface area contributed by atoms with Gasteiger partial charge < -0.3 is 5.32 Å². The molecule has 1 aromatic carbocycles. The van der Waals surface area contributed by atoms with Gasteiger partial charge in [-0.15, -0.1) is 0 Å². The van der Waals surface area contributed by atoms with Gasteiger partial charge in [0.05, 0.1) is 16.5 Å². The van der Waals surface area contributed by atoms with Crippen molar-refractivity contribution >= 4 is 15.9 Å². The molecule has 0 spiro atoms. The van der Waals surface area contributed by atoms with Crippen molar-refractivity contribution in [3.05, 3.63) is 29.8 Å². The fraction of sp³-hybridized carbons (Fsp3) is 0.619. The van der Waals surface area contributed by atoms with Gasteiger partial charge in [0.15, 0.2) is 0 Å². The average Bonchev–Trinajstić information content (AvgIpc) is 2.74. The molecule has 0 unspecified atom stereocenters. The second kappa shape index (κ2) is 9.24. The minimum absolute atomic E-state index is 0.0230. The number of benzene rings is 1. The van der Waals surface area contributed by atoms with Gasteiger partial charge in [-0.3, -0.25) is 9.69 Å². The topological polar surface area (TPSA) is 93.5 Å². The molecule has 2 aliphatic rings. The second-order valence-electron chi connectivity index (χ2n) is 8.10. The maximum atomic E-state index is 13.0. The molecule has 2 fully saturated rings. The Balaban J connectivity index is 1.59. The number of nitrogens with one attached hydrogen (secondary N) is 1. The van der Waals surface area contributed by atoms with Gasteiger partial charge in [-0.05, 0) is 37.8 Å². The molecule has 1 amide bonds. The van der Waals surface area contributed by atoms with E-state index in [2.05, 4.69) is 12.2 Å². The summed E-state index contributed by atoms with van der Waals surface area (Å²) in [6.45, 7) is 5.67. The van der Waals surface area contributed by atoms with E-state index in [-0.39, 0.29) is 28.4 Å². The number of sulfonamides is 1. The highest BCUT2D eigenvalue weighted by Gasteiger charge is 2.34. The zero-order valence-corrected chi connectivity index (χ0v) is 18.0. The summed E-state index contributed by atoms with van der Waals surface area (Å²) in [6.07, 6.45) is 4.57. The first-order valence-corrected chi connectivity index (χ1v) is 11.8. The first-order chi connectivity index (χ1) is 13.8. The maximum Gasteiger partial charge on any atom is 0.244 e. The van der Waals surface area contributed by atoms with E-state index < -0.39 is 10.0 Å². The number of nitriles is 1. The van der Waals surface area contributed by atoms with E-state index >= 15 is 0 Å². The fourth-order valence-corrected chi connectivity index (χ4v) is 5.82. The van der Waals surface area contributed by atoms with Gasteiger partial charge in [0, 0.05) is 32.2 Å². The van der Waals surface area contributed by atoms with E-state index in [1.165, 1.54) is 22.9 Å². The molecule has 3 rings (SSSR count). The van der Waals surface area contributed by atoms with Gasteiger partial charge in [0.1, 0.15) is 6.07 Å². The van der Waals surface area contributed by atoms with Crippen LogP contribution in [0.25, 0.3) is 0 Å². The van der Waals surface area contributed by atoms with Crippen molar-refractivity contribution in [1.82, 2.24) is 14.5 Å². The lowest BCUT2D eigenvalue weighted by Gasteiger charge is -2.38. The smallest absolute Gasteiger partial charge is 0.244 e. The molecule has 0 bridgehead atoms. The SMILES string of the molecule is C[C@H](C(=O)N[C@H]1CCCC[C@@H]1C)N1CCN(S(=O)(=O)c2ccccc2C#N)CC1. The van der Waals surface area contributed by atoms with Crippen molar-refractivity contribution in [3.8, 4) is 6.07 Å². The third kappa shape index (κ3) is 4.80. The molecule has 7 nitrogen and oxygen atoms in total. The lowest BCUT2D eigenvalue weighted by molar-refractivity contribution is -0.127. The number of piperazine rings is 1. The first-order valence-electron chi connectivity index (χ1n) is 10.4. The Labute approximate surface area is 173 Å². The summed E-state index contributed by atoms with van der Waals surface area (Å²) >= 11 is 0. The molecular formula is C21H30N4O3S. The Hall–Kier alpha value is -1.95. The van der Waals surface area contributed by atoms with Crippen LogP contribution in [0.4, 0.5) is 0 Å². The lowest BCUT2D eigenvalue weighted by atomic mass is 9.86. The molecule has 8 heteroatoms. The van der Waals surface area contributed by atoms with Crippen LogP contribution in [-0.4, -0.2) is 61.8 Å². The van der Waals surface area contributed by atoms with E-state index in [9.17, 15) is 18.5 Å². The minimum Gasteiger partial charge on any atom is -0.352 e. The Morgan fingerprint density at radius 3 is 2.48 bits per heavy atom. The Morgan fingerprint density at radius 2 is 1.83 bits per heavy atom. The quantitative estimate of drug-likeness (QED) is 0.789. The van der Waals surface area contributed by atoms with Crippen molar-refractivity contribution in [2.75, 3.05) is 26.2 Å². The van der Waals surface area contributed by atoms with Gasteiger partial charge in [-0.25, -0.2) is 8.42 Å². The molecule has 0 radical (unpaired) electrons. The molecule has 1 saturated heterocycles. The highest BCUT2D eigenvalue weighted by Crippen LogP contribution is 2.24. The number of amides is 1. The Morgan fingerprint density at radius 1 is 1.17 bits per heavy atom. The monoisotopic (exact) mass is 418 g/mol. The lowest BCUT2D eigenvalue weighted by Crippen LogP contribution is -2.56. The number of hydrogen-bond donors (Lipinski definition) is 1. The summed E-state index contributed by atoms with van der Waals surface area (Å²) in [7, 11) is -3.72. The Kier molecular flexibility index (Phi) is 6.93. The van der Waals surface area contributed by atoms with Crippen LogP contribution in [-0.2, 0) is 14.8 Å². The number of rotatable bonds is 5. The molecule has 1 aromatic rings. The van der Waals surface area contributed by atoms with Crippen LogP contribution in [0, 0.1) is 17.2 Å². The van der Waals surface area contributed by atoms with Crippen LogP contribution in [0.5, 0.6) is 0 Å². The van der Waals surface area contributed by atoms with E-state index in [0.717, 1.165) is 19.3 Å². The van der Waals surface area contributed by atoms with E-state index in [1.54, 1.807) is 12.1 Å². The van der Waals surface area contributed by atoms with Crippen molar-refractivity contribution in [3.63, 3.8) is 0 Å². The molecule has 29 heavy (non-hydrogen) atoms. The van der Waals surface area contributed by atoms with E-state index in [4.69, 9.17) is 0 Å². The molecule has 158 valence electrons. The second-order valence-corrected chi connectivity index (χ2v) is 10.0. The summed E-state index contributed by atoms with van der Waals surface area (Å²) in [5.41, 5.74) is 0.157. The highest BCUT2D eigenvalue weighted by atomic mass is 32.2. The predicted molar refractivity (Wildman–Crippen MR) is 111 cm³/mol. The van der Waals surface area contributed by atoms with Crippen LogP contribution < -0.4 is 5.32 Å². The minimum atomic E-state index is -3.72. The maximum absolute atomic E-state index is 13.0. The van der Waals surface area contributed by atoms with Crippen LogP contribution in [0.1, 0.15) is 45.1 Å². The first kappa shape index (κ1) is 21.8. The summed E-state index contributed by atoms with van der Waals surface area (Å²) in [4.78, 5) is 14.8. The summed E-state index contributed by atoms with van der Waals surface area (Å²) in [6, 6.07) is 8.18. The van der Waals surface area contributed by atoms with Crippen molar-refractivity contribution < 1.29 is 13.2 Å². The molecule has 1 heterocycles. The molecule has 1 aliphatic heterocycles. The normalized spacial score (nSPS) is 25.1. The van der Waals surface area contributed by atoms with E-state index in [1.807, 2.05) is 17.9 Å². The fourth-order valence-electron chi connectivity index (χ4n) is 4.25. The van der Waals surface area contributed by atoms with Crippen LogP contribution in [0.15, 0.2) is 29.2 Å². The van der Waals surface area contributed by atoms with Gasteiger partial charge in [-0.2, -0.15) is 9.57 Å². The van der Waals surface area contributed by atoms with Crippen molar-refractivity contribution in [1.29, 1.82) is 5.26 Å². The standard InChI is InChI=1S/C21H30N4O3S/c1-16-7-3-5-9-19(16)23-21(26)17(2)24-11-13-25(14-12-24)29(27,28)20-10-6-4-8-18(20)15-22/h4,6,8,10,16-17,19H,3,5,7,9,11-14H2,1-2H3,(H,23,26)/t16-,17+,19-/m0/s1. The summed E-state index contributed by atoms with van der Waals surface area (Å²) in [5, 5.41) is 12.4. The molecule has 1 N–H and O–H groups in total. The largest absolute Gasteiger partial charge is 0.352 e. The molecular weight excluding hydrogens is 388 g/mol. The van der Waals surface area contributed by atoms with Gasteiger partial charge >= 0.3 is 0 Å².